The molecule has 4 heteroatoms. The summed E-state index contributed by atoms with van der Waals surface area (Å²) >= 11 is 0. The van der Waals surface area contributed by atoms with Gasteiger partial charge in [0.25, 0.3) is 0 Å². The maximum absolute atomic E-state index is 12.2. The monoisotopic (exact) mass is 226 g/mol. The second-order valence-corrected chi connectivity index (χ2v) is 4.97. The first-order valence-corrected chi connectivity index (χ1v) is 6.30. The molecule has 2 aliphatic heterocycles. The highest BCUT2D eigenvalue weighted by molar-refractivity contribution is 5.84. The van der Waals surface area contributed by atoms with Crippen molar-refractivity contribution in [3.8, 4) is 0 Å². The molecule has 0 radical (unpaired) electrons. The summed E-state index contributed by atoms with van der Waals surface area (Å²) < 4.78 is 5.53. The van der Waals surface area contributed by atoms with E-state index in [9.17, 15) is 4.79 Å². The number of carbonyl (C=O) groups excluding carboxylic acids is 1. The number of rotatable bonds is 3. The summed E-state index contributed by atoms with van der Waals surface area (Å²) in [6, 6.07) is 0.284. The first kappa shape index (κ1) is 11.9. The lowest BCUT2D eigenvalue weighted by Crippen LogP contribution is -2.43. The van der Waals surface area contributed by atoms with Crippen molar-refractivity contribution >= 4 is 5.91 Å². The highest BCUT2D eigenvalue weighted by Gasteiger charge is 2.41. The van der Waals surface area contributed by atoms with Gasteiger partial charge in [0.05, 0.1) is 24.9 Å². The van der Waals surface area contributed by atoms with E-state index in [0.29, 0.717) is 12.6 Å². The van der Waals surface area contributed by atoms with Crippen molar-refractivity contribution in [1.29, 1.82) is 0 Å². The molecule has 1 N–H and O–H groups in total. The first-order chi connectivity index (χ1) is 7.65. The van der Waals surface area contributed by atoms with E-state index in [4.69, 9.17) is 4.74 Å². The molecule has 2 saturated heterocycles. The van der Waals surface area contributed by atoms with Gasteiger partial charge in [0.15, 0.2) is 0 Å². The molecule has 4 nitrogen and oxygen atoms in total. The van der Waals surface area contributed by atoms with Gasteiger partial charge in [-0.15, -0.1) is 0 Å². The quantitative estimate of drug-likeness (QED) is 0.779. The van der Waals surface area contributed by atoms with Crippen LogP contribution in [0.25, 0.3) is 0 Å². The number of hydrogen-bond acceptors (Lipinski definition) is 3. The zero-order chi connectivity index (χ0) is 11.7. The maximum Gasteiger partial charge on any atom is 0.241 e. The van der Waals surface area contributed by atoms with Gasteiger partial charge >= 0.3 is 0 Å². The first-order valence-electron chi connectivity index (χ1n) is 6.30. The summed E-state index contributed by atoms with van der Waals surface area (Å²) in [6.07, 6.45) is 2.19. The van der Waals surface area contributed by atoms with Crippen molar-refractivity contribution in [3.63, 3.8) is 0 Å². The minimum atomic E-state index is 0.0119. The van der Waals surface area contributed by atoms with Gasteiger partial charge in [-0.25, -0.2) is 0 Å². The Morgan fingerprint density at radius 3 is 2.94 bits per heavy atom. The van der Waals surface area contributed by atoms with Crippen LogP contribution in [0.3, 0.4) is 0 Å². The molecule has 0 aromatic heterocycles. The van der Waals surface area contributed by atoms with Crippen molar-refractivity contribution in [3.05, 3.63) is 0 Å². The Kier molecular flexibility index (Phi) is 3.50. The fourth-order valence-electron chi connectivity index (χ4n) is 2.63. The van der Waals surface area contributed by atoms with E-state index >= 15 is 0 Å². The van der Waals surface area contributed by atoms with Gasteiger partial charge < -0.3 is 9.64 Å². The standard InChI is InChI=1S/C12H22N2O2/c1-4-8(2)11-12(15)14(7-13-11)10-5-6-16-9(10)3/h8-11,13H,4-7H2,1-3H3. The Bertz CT molecular complexity index is 270. The normalized spacial score (nSPS) is 37.1. The number of nitrogens with one attached hydrogen (secondary N) is 1. The third-order valence-electron chi connectivity index (χ3n) is 3.98. The average molecular weight is 226 g/mol. The van der Waals surface area contributed by atoms with E-state index in [1.54, 1.807) is 0 Å². The predicted molar refractivity (Wildman–Crippen MR) is 61.9 cm³/mol. The summed E-state index contributed by atoms with van der Waals surface area (Å²) in [7, 11) is 0. The fraction of sp³-hybridized carbons (Fsp3) is 0.917. The van der Waals surface area contributed by atoms with Crippen LogP contribution in [0.4, 0.5) is 0 Å². The molecule has 0 aliphatic carbocycles. The Balaban J connectivity index is 2.01. The molecule has 4 unspecified atom stereocenters. The van der Waals surface area contributed by atoms with E-state index in [-0.39, 0.29) is 24.1 Å². The zero-order valence-corrected chi connectivity index (χ0v) is 10.4. The van der Waals surface area contributed by atoms with Gasteiger partial charge in [-0.1, -0.05) is 20.3 Å². The average Bonchev–Trinajstić information content (AvgIpc) is 2.84. The maximum atomic E-state index is 12.2. The van der Waals surface area contributed by atoms with Gasteiger partial charge in [-0.2, -0.15) is 0 Å². The van der Waals surface area contributed by atoms with Crippen molar-refractivity contribution in [2.24, 2.45) is 5.92 Å². The van der Waals surface area contributed by atoms with Crippen LogP contribution in [0.2, 0.25) is 0 Å². The SMILES string of the molecule is CCC(C)C1NCN(C2CCOC2C)C1=O. The van der Waals surface area contributed by atoms with Crippen molar-refractivity contribution in [1.82, 2.24) is 10.2 Å². The lowest BCUT2D eigenvalue weighted by Gasteiger charge is -2.26. The Labute approximate surface area is 97.3 Å². The van der Waals surface area contributed by atoms with Crippen LogP contribution in [-0.4, -0.2) is 42.3 Å². The van der Waals surface area contributed by atoms with Crippen molar-refractivity contribution in [2.75, 3.05) is 13.3 Å². The lowest BCUT2D eigenvalue weighted by atomic mass is 9.99. The van der Waals surface area contributed by atoms with Gasteiger partial charge in [0.2, 0.25) is 5.91 Å². The molecule has 2 heterocycles. The summed E-state index contributed by atoms with van der Waals surface area (Å²) in [5.41, 5.74) is 0. The molecular formula is C12H22N2O2. The van der Waals surface area contributed by atoms with E-state index < -0.39 is 0 Å². The molecule has 2 aliphatic rings. The fourth-order valence-corrected chi connectivity index (χ4v) is 2.63. The third kappa shape index (κ3) is 1.96. The molecule has 92 valence electrons. The number of carbonyl (C=O) groups is 1. The van der Waals surface area contributed by atoms with Gasteiger partial charge in [0.1, 0.15) is 0 Å². The van der Waals surface area contributed by atoms with Crippen LogP contribution >= 0.6 is 0 Å². The largest absolute Gasteiger partial charge is 0.376 e. The molecule has 16 heavy (non-hydrogen) atoms. The summed E-state index contributed by atoms with van der Waals surface area (Å²) in [4.78, 5) is 14.2. The molecule has 0 aromatic carbocycles. The highest BCUT2D eigenvalue weighted by Crippen LogP contribution is 2.24. The molecule has 0 bridgehead atoms. The molecule has 1 amide bonds. The van der Waals surface area contributed by atoms with Gasteiger partial charge in [0, 0.05) is 6.61 Å². The van der Waals surface area contributed by atoms with Crippen molar-refractivity contribution < 1.29 is 9.53 Å². The van der Waals surface area contributed by atoms with E-state index in [1.807, 2.05) is 4.90 Å². The topological polar surface area (TPSA) is 41.6 Å². The molecule has 0 aromatic rings. The van der Waals surface area contributed by atoms with Crippen LogP contribution in [0, 0.1) is 5.92 Å². The molecular weight excluding hydrogens is 204 g/mol. The molecule has 0 spiro atoms. The minimum absolute atomic E-state index is 0.0119. The second kappa shape index (κ2) is 4.72. The van der Waals surface area contributed by atoms with Gasteiger partial charge in [-0.3, -0.25) is 10.1 Å². The Hall–Kier alpha value is -0.610. The van der Waals surface area contributed by atoms with E-state index in [0.717, 1.165) is 19.4 Å². The summed E-state index contributed by atoms with van der Waals surface area (Å²) in [5.74, 6) is 0.673. The van der Waals surface area contributed by atoms with Crippen LogP contribution in [0.5, 0.6) is 0 Å². The van der Waals surface area contributed by atoms with Crippen LogP contribution in [-0.2, 0) is 9.53 Å². The molecule has 2 fully saturated rings. The zero-order valence-electron chi connectivity index (χ0n) is 10.4. The third-order valence-corrected chi connectivity index (χ3v) is 3.98. The Morgan fingerprint density at radius 2 is 2.38 bits per heavy atom. The van der Waals surface area contributed by atoms with E-state index in [2.05, 4.69) is 26.1 Å². The summed E-state index contributed by atoms with van der Waals surface area (Å²) in [6.45, 7) is 7.79. The molecule has 0 saturated carbocycles. The Morgan fingerprint density at radius 1 is 1.62 bits per heavy atom. The lowest BCUT2D eigenvalue weighted by molar-refractivity contribution is -0.132. The molecule has 2 rings (SSSR count). The van der Waals surface area contributed by atoms with E-state index in [1.165, 1.54) is 0 Å². The number of hydrogen-bond donors (Lipinski definition) is 1. The number of amides is 1. The van der Waals surface area contributed by atoms with Crippen molar-refractivity contribution in [2.45, 2.75) is 51.8 Å². The summed E-state index contributed by atoms with van der Waals surface area (Å²) in [5, 5.41) is 3.33. The molecule has 4 atom stereocenters. The predicted octanol–water partition coefficient (Wildman–Crippen LogP) is 0.968. The highest BCUT2D eigenvalue weighted by atomic mass is 16.5. The van der Waals surface area contributed by atoms with Crippen LogP contribution < -0.4 is 5.32 Å². The smallest absolute Gasteiger partial charge is 0.241 e. The number of ether oxygens (including phenoxy) is 1. The van der Waals surface area contributed by atoms with Gasteiger partial charge in [-0.05, 0) is 19.3 Å². The van der Waals surface area contributed by atoms with Crippen LogP contribution in [0.15, 0.2) is 0 Å². The van der Waals surface area contributed by atoms with Crippen LogP contribution in [0.1, 0.15) is 33.6 Å². The number of nitrogens with zero attached hydrogens (tertiary/aromatic N) is 1. The second-order valence-electron chi connectivity index (χ2n) is 4.97. The minimum Gasteiger partial charge on any atom is -0.376 e.